The van der Waals surface area contributed by atoms with Crippen molar-refractivity contribution in [3.8, 4) is 5.88 Å². The summed E-state index contributed by atoms with van der Waals surface area (Å²) in [6.45, 7) is 3.94. The first-order chi connectivity index (χ1) is 17.7. The molecule has 2 aliphatic rings. The zero-order valence-corrected chi connectivity index (χ0v) is 21.8. The standard InChI is InChI=1S/C27H31N4O5P/c1-27(2)25(31-24-23(28)13-16-30-26(24)35-27)21-5-3-19(4-6-21)20-7-9-22(10-8-20)36-37(32,33)34-17-18-11-14-29-15-12-18/h3-6,11-16,20,22H,7-10,17H2,1-2H3,(H2,28,30)(H,32,33). The number of aliphatic imine (C=N–C) groups is 1. The molecule has 0 radical (unpaired) electrons. The highest BCUT2D eigenvalue weighted by Gasteiger charge is 2.35. The third-order valence-corrected chi connectivity index (χ3v) is 7.84. The van der Waals surface area contributed by atoms with E-state index in [9.17, 15) is 9.46 Å². The van der Waals surface area contributed by atoms with Crippen molar-refractivity contribution in [1.29, 1.82) is 0 Å². The van der Waals surface area contributed by atoms with E-state index < -0.39 is 13.4 Å². The van der Waals surface area contributed by atoms with Crippen molar-refractivity contribution in [3.63, 3.8) is 0 Å². The minimum Gasteiger partial charge on any atom is -0.463 e. The fraction of sp³-hybridized carbons (Fsp3) is 0.370. The largest absolute Gasteiger partial charge is 0.472 e. The summed E-state index contributed by atoms with van der Waals surface area (Å²) in [5.74, 6) is 0.794. The van der Waals surface area contributed by atoms with E-state index in [4.69, 9.17) is 24.5 Å². The van der Waals surface area contributed by atoms with E-state index in [1.165, 1.54) is 5.56 Å². The van der Waals surface area contributed by atoms with Crippen LogP contribution in [0.1, 0.15) is 62.1 Å². The van der Waals surface area contributed by atoms with Gasteiger partial charge in [-0.25, -0.2) is 14.5 Å². The van der Waals surface area contributed by atoms with Crippen LogP contribution in [0, 0.1) is 0 Å². The molecule has 1 aliphatic carbocycles. The average molecular weight is 523 g/mol. The van der Waals surface area contributed by atoms with Crippen molar-refractivity contribution in [1.82, 2.24) is 9.97 Å². The number of phosphoric acid groups is 1. The minimum atomic E-state index is -4.14. The van der Waals surface area contributed by atoms with Crippen LogP contribution in [0.4, 0.5) is 11.4 Å². The number of anilines is 1. The second-order valence-electron chi connectivity index (χ2n) is 9.93. The van der Waals surface area contributed by atoms with Crippen LogP contribution in [0.2, 0.25) is 0 Å². The lowest BCUT2D eigenvalue weighted by Crippen LogP contribution is -2.41. The second kappa shape index (κ2) is 10.3. The smallest absolute Gasteiger partial charge is 0.463 e. The Kier molecular flexibility index (Phi) is 7.14. The van der Waals surface area contributed by atoms with Gasteiger partial charge in [-0.3, -0.25) is 14.0 Å². The Morgan fingerprint density at radius 3 is 2.46 bits per heavy atom. The molecule has 194 valence electrons. The summed E-state index contributed by atoms with van der Waals surface area (Å²) in [5.41, 5.74) is 10.3. The number of aromatic nitrogens is 2. The molecule has 1 fully saturated rings. The highest BCUT2D eigenvalue weighted by molar-refractivity contribution is 7.47. The fourth-order valence-electron chi connectivity index (χ4n) is 4.85. The monoisotopic (exact) mass is 522 g/mol. The van der Waals surface area contributed by atoms with Crippen molar-refractivity contribution in [2.24, 2.45) is 4.99 Å². The molecule has 10 heteroatoms. The summed E-state index contributed by atoms with van der Waals surface area (Å²) in [6.07, 6.45) is 7.63. The molecule has 1 saturated carbocycles. The van der Waals surface area contributed by atoms with Gasteiger partial charge in [0, 0.05) is 24.2 Å². The first kappa shape index (κ1) is 25.5. The van der Waals surface area contributed by atoms with Gasteiger partial charge in [-0.05, 0) is 74.8 Å². The van der Waals surface area contributed by atoms with Crippen LogP contribution in [0.15, 0.2) is 66.0 Å². The molecule has 3 aromatic rings. The van der Waals surface area contributed by atoms with Gasteiger partial charge in [0.15, 0.2) is 0 Å². The number of nitrogens with zero attached hydrogens (tertiary/aromatic N) is 3. The van der Waals surface area contributed by atoms with Crippen molar-refractivity contribution < 1.29 is 23.2 Å². The number of hydrogen-bond donors (Lipinski definition) is 2. The second-order valence-corrected chi connectivity index (χ2v) is 11.3. The summed E-state index contributed by atoms with van der Waals surface area (Å²) in [6, 6.07) is 13.6. The molecule has 1 aromatic carbocycles. The van der Waals surface area contributed by atoms with Crippen LogP contribution in [0.3, 0.4) is 0 Å². The Labute approximate surface area is 216 Å². The zero-order chi connectivity index (χ0) is 26.0. The summed E-state index contributed by atoms with van der Waals surface area (Å²) in [5, 5.41) is 0. The normalized spacial score (nSPS) is 22.3. The lowest BCUT2D eigenvalue weighted by Gasteiger charge is -2.32. The van der Waals surface area contributed by atoms with E-state index in [-0.39, 0.29) is 12.7 Å². The van der Waals surface area contributed by atoms with Crippen LogP contribution in [-0.4, -0.2) is 32.3 Å². The maximum atomic E-state index is 12.4. The summed E-state index contributed by atoms with van der Waals surface area (Å²) in [7, 11) is -4.14. The van der Waals surface area contributed by atoms with Crippen LogP contribution in [0.25, 0.3) is 0 Å². The minimum absolute atomic E-state index is 0.000180. The van der Waals surface area contributed by atoms with Gasteiger partial charge < -0.3 is 15.4 Å². The van der Waals surface area contributed by atoms with Crippen LogP contribution in [-0.2, 0) is 20.2 Å². The van der Waals surface area contributed by atoms with Gasteiger partial charge in [0.1, 0.15) is 11.3 Å². The predicted molar refractivity (Wildman–Crippen MR) is 141 cm³/mol. The third kappa shape index (κ3) is 5.91. The maximum Gasteiger partial charge on any atom is 0.472 e. The Morgan fingerprint density at radius 1 is 1.05 bits per heavy atom. The Balaban J connectivity index is 1.20. The topological polar surface area (TPSA) is 129 Å². The van der Waals surface area contributed by atoms with Crippen LogP contribution in [0.5, 0.6) is 5.88 Å². The number of nitrogen functional groups attached to an aromatic ring is 1. The number of pyridine rings is 2. The first-order valence-electron chi connectivity index (χ1n) is 12.4. The average Bonchev–Trinajstić information content (AvgIpc) is 2.88. The molecule has 37 heavy (non-hydrogen) atoms. The lowest BCUT2D eigenvalue weighted by molar-refractivity contribution is 0.0755. The Morgan fingerprint density at radius 2 is 1.76 bits per heavy atom. The Hall–Kier alpha value is -3.10. The first-order valence-corrected chi connectivity index (χ1v) is 13.9. The number of hydrogen-bond acceptors (Lipinski definition) is 8. The van der Waals surface area contributed by atoms with Gasteiger partial charge >= 0.3 is 7.82 Å². The van der Waals surface area contributed by atoms with Crippen LogP contribution >= 0.6 is 7.82 Å². The van der Waals surface area contributed by atoms with Gasteiger partial charge in [0.05, 0.1) is 24.1 Å². The van der Waals surface area contributed by atoms with Gasteiger partial charge in [0.25, 0.3) is 0 Å². The fourth-order valence-corrected chi connectivity index (χ4v) is 5.81. The molecule has 0 amide bonds. The van der Waals surface area contributed by atoms with E-state index >= 15 is 0 Å². The highest BCUT2D eigenvalue weighted by atomic mass is 31.2. The molecular weight excluding hydrogens is 491 g/mol. The molecule has 1 aliphatic heterocycles. The van der Waals surface area contributed by atoms with Gasteiger partial charge in [-0.15, -0.1) is 0 Å². The predicted octanol–water partition coefficient (Wildman–Crippen LogP) is 5.71. The molecule has 2 aromatic heterocycles. The molecule has 0 saturated heterocycles. The zero-order valence-electron chi connectivity index (χ0n) is 20.9. The van der Waals surface area contributed by atoms with Crippen molar-refractivity contribution in [3.05, 3.63) is 77.7 Å². The molecule has 5 rings (SSSR count). The van der Waals surface area contributed by atoms with E-state index in [2.05, 4.69) is 34.2 Å². The molecule has 9 nitrogen and oxygen atoms in total. The maximum absolute atomic E-state index is 12.4. The molecule has 0 bridgehead atoms. The molecular formula is C27H31N4O5P. The Bertz CT molecular complexity index is 1320. The summed E-state index contributed by atoms with van der Waals surface area (Å²) < 4.78 is 29.2. The number of rotatable bonds is 7. The van der Waals surface area contributed by atoms with Crippen molar-refractivity contribution >= 4 is 24.9 Å². The number of benzene rings is 1. The number of phosphoric ester groups is 1. The van der Waals surface area contributed by atoms with Crippen molar-refractivity contribution in [2.45, 2.75) is 63.8 Å². The lowest BCUT2D eigenvalue weighted by atomic mass is 9.82. The summed E-state index contributed by atoms with van der Waals surface area (Å²) >= 11 is 0. The molecule has 1 unspecified atom stereocenters. The van der Waals surface area contributed by atoms with Gasteiger partial charge in [-0.1, -0.05) is 24.3 Å². The van der Waals surface area contributed by atoms with Crippen molar-refractivity contribution in [2.75, 3.05) is 5.73 Å². The SMILES string of the molecule is CC1(C)Oc2nccc(N)c2N=C1c1ccc(C2CCC(OP(=O)(O)OCc3ccncc3)CC2)cc1. The molecule has 3 N–H and O–H groups in total. The number of fused-ring (bicyclic) bond motifs is 1. The van der Waals surface area contributed by atoms with E-state index in [1.54, 1.807) is 36.8 Å². The highest BCUT2D eigenvalue weighted by Crippen LogP contribution is 2.48. The number of nitrogens with two attached hydrogens (primary N) is 1. The molecule has 1 atom stereocenters. The summed E-state index contributed by atoms with van der Waals surface area (Å²) in [4.78, 5) is 23.2. The molecule has 3 heterocycles. The number of ether oxygens (including phenoxy) is 1. The van der Waals surface area contributed by atoms with E-state index in [0.29, 0.717) is 36.0 Å². The van der Waals surface area contributed by atoms with Crippen LogP contribution < -0.4 is 10.5 Å². The van der Waals surface area contributed by atoms with Gasteiger partial charge in [0.2, 0.25) is 5.88 Å². The van der Waals surface area contributed by atoms with Gasteiger partial charge in [-0.2, -0.15) is 0 Å². The third-order valence-electron chi connectivity index (χ3n) is 6.82. The van der Waals surface area contributed by atoms with E-state index in [1.807, 2.05) is 13.8 Å². The van der Waals surface area contributed by atoms with E-state index in [0.717, 1.165) is 29.7 Å². The quantitative estimate of drug-likeness (QED) is 0.378. The molecule has 0 spiro atoms.